The van der Waals surface area contributed by atoms with E-state index in [9.17, 15) is 20.0 Å². The SMILES string of the molecule is Cc1cccc(C#CC(=O)N(C)[C@H]2CC[C@H]3[C@H]4Cc5c([N+](=O)[O-])cc(O)c6c5[C@@]3(CCN4CC3CC3)[C@H]2O6)c1. The van der Waals surface area contributed by atoms with Crippen molar-refractivity contribution < 1.29 is 19.6 Å². The van der Waals surface area contributed by atoms with Crippen molar-refractivity contribution in [2.45, 2.75) is 69.1 Å². The van der Waals surface area contributed by atoms with Gasteiger partial charge in [-0.05, 0) is 81.5 Å². The fourth-order valence-corrected chi connectivity index (χ4v) is 8.17. The standard InChI is InChI=1S/C31H33N3O5/c1-18-4-3-5-19(14-18)8-11-27(36)32(2)23-10-9-22-25-15-21-24(34(37)38)16-26(35)29-28(21)31(22,30(23)39-29)12-13-33(25)17-20-6-7-20/h3-5,14,16,20,22-23,25,30,35H,6-7,9-10,12-13,15,17H2,1-2H3/t22-,23-,25+,30-,31-/m0/s1. The third-order valence-electron chi connectivity index (χ3n) is 10.0. The molecule has 0 radical (unpaired) electrons. The molecular weight excluding hydrogens is 494 g/mol. The molecule has 7 rings (SSSR count). The zero-order chi connectivity index (χ0) is 27.1. The molecule has 8 heteroatoms. The average Bonchev–Trinajstić information content (AvgIpc) is 3.67. The van der Waals surface area contributed by atoms with E-state index in [1.165, 1.54) is 18.9 Å². The maximum Gasteiger partial charge on any atom is 0.298 e. The molecule has 1 spiro atoms. The number of benzene rings is 2. The first-order chi connectivity index (χ1) is 18.8. The first-order valence-electron chi connectivity index (χ1n) is 14.1. The molecular formula is C31H33N3O5. The normalized spacial score (nSPS) is 30.0. The summed E-state index contributed by atoms with van der Waals surface area (Å²) < 4.78 is 6.60. The summed E-state index contributed by atoms with van der Waals surface area (Å²) in [5.41, 5.74) is 2.96. The number of aryl methyl sites for hydroxylation is 1. The van der Waals surface area contributed by atoms with Gasteiger partial charge in [-0.15, -0.1) is 0 Å². The Morgan fingerprint density at radius 1 is 1.28 bits per heavy atom. The minimum atomic E-state index is -0.460. The van der Waals surface area contributed by atoms with Crippen molar-refractivity contribution in [2.75, 3.05) is 20.1 Å². The fraction of sp³-hybridized carbons (Fsp3) is 0.516. The van der Waals surface area contributed by atoms with Crippen LogP contribution < -0.4 is 4.74 Å². The van der Waals surface area contributed by atoms with Crippen LogP contribution in [0.5, 0.6) is 11.5 Å². The number of nitro benzene ring substituents is 1. The number of hydrogen-bond acceptors (Lipinski definition) is 6. The Balaban J connectivity index is 1.28. The highest BCUT2D eigenvalue weighted by Crippen LogP contribution is 2.65. The van der Waals surface area contributed by atoms with E-state index in [0.717, 1.165) is 55.0 Å². The number of piperidine rings is 1. The molecule has 2 bridgehead atoms. The summed E-state index contributed by atoms with van der Waals surface area (Å²) in [5, 5.41) is 23.1. The maximum absolute atomic E-state index is 13.3. The van der Waals surface area contributed by atoms with Gasteiger partial charge in [-0.3, -0.25) is 19.8 Å². The number of amides is 1. The van der Waals surface area contributed by atoms with Gasteiger partial charge in [0.05, 0.1) is 17.0 Å². The van der Waals surface area contributed by atoms with Gasteiger partial charge in [-0.25, -0.2) is 0 Å². The van der Waals surface area contributed by atoms with Crippen LogP contribution in [-0.4, -0.2) is 64.1 Å². The highest BCUT2D eigenvalue weighted by Gasteiger charge is 2.67. The van der Waals surface area contributed by atoms with Crippen LogP contribution >= 0.6 is 0 Å². The van der Waals surface area contributed by atoms with E-state index in [4.69, 9.17) is 4.74 Å². The number of phenolic OH excluding ortho intramolecular Hbond substituents is 1. The van der Waals surface area contributed by atoms with Crippen LogP contribution in [0.4, 0.5) is 5.69 Å². The van der Waals surface area contributed by atoms with Crippen molar-refractivity contribution in [3.05, 3.63) is 62.7 Å². The lowest BCUT2D eigenvalue weighted by atomic mass is 9.50. The number of hydrogen-bond donors (Lipinski definition) is 1. The van der Waals surface area contributed by atoms with E-state index in [2.05, 4.69) is 16.7 Å². The van der Waals surface area contributed by atoms with Crippen molar-refractivity contribution >= 4 is 11.6 Å². The molecule has 2 heterocycles. The second-order valence-corrected chi connectivity index (χ2v) is 12.2. The fourth-order valence-electron chi connectivity index (χ4n) is 8.17. The molecule has 39 heavy (non-hydrogen) atoms. The van der Waals surface area contributed by atoms with Crippen LogP contribution in [0.15, 0.2) is 30.3 Å². The summed E-state index contributed by atoms with van der Waals surface area (Å²) in [5.74, 6) is 6.77. The number of aromatic hydroxyl groups is 1. The lowest BCUT2D eigenvalue weighted by Crippen LogP contribution is -2.69. The number of likely N-dealkylation sites (tertiary alicyclic amines) is 1. The number of phenols is 1. The van der Waals surface area contributed by atoms with Gasteiger partial charge in [0.1, 0.15) is 6.10 Å². The van der Waals surface area contributed by atoms with Crippen molar-refractivity contribution in [2.24, 2.45) is 11.8 Å². The van der Waals surface area contributed by atoms with E-state index in [1.54, 1.807) is 11.9 Å². The molecule has 2 aromatic rings. The lowest BCUT2D eigenvalue weighted by Gasteiger charge is -2.60. The highest BCUT2D eigenvalue weighted by atomic mass is 16.6. The van der Waals surface area contributed by atoms with E-state index < -0.39 is 5.41 Å². The predicted molar refractivity (Wildman–Crippen MR) is 145 cm³/mol. The number of likely N-dealkylation sites (N-methyl/N-ethyl adjacent to an activating group) is 1. The van der Waals surface area contributed by atoms with Crippen molar-refractivity contribution in [3.8, 4) is 23.3 Å². The molecule has 3 aliphatic carbocycles. The summed E-state index contributed by atoms with van der Waals surface area (Å²) in [6, 6.07) is 8.99. The lowest BCUT2D eigenvalue weighted by molar-refractivity contribution is -0.385. The van der Waals surface area contributed by atoms with Gasteiger partial charge in [-0.2, -0.15) is 0 Å². The predicted octanol–water partition coefficient (Wildman–Crippen LogP) is 3.94. The molecule has 202 valence electrons. The van der Waals surface area contributed by atoms with E-state index in [-0.39, 0.29) is 46.4 Å². The van der Waals surface area contributed by atoms with Crippen LogP contribution in [0, 0.1) is 40.7 Å². The maximum atomic E-state index is 13.3. The monoisotopic (exact) mass is 527 g/mol. The van der Waals surface area contributed by atoms with Crippen LogP contribution in [0.2, 0.25) is 0 Å². The van der Waals surface area contributed by atoms with E-state index in [1.807, 2.05) is 31.2 Å². The Kier molecular flexibility index (Phi) is 5.47. The summed E-state index contributed by atoms with van der Waals surface area (Å²) in [7, 11) is 1.78. The summed E-state index contributed by atoms with van der Waals surface area (Å²) >= 11 is 0. The molecule has 1 saturated heterocycles. The summed E-state index contributed by atoms with van der Waals surface area (Å²) in [6.45, 7) is 3.94. The quantitative estimate of drug-likeness (QED) is 0.368. The van der Waals surface area contributed by atoms with Crippen LogP contribution in [-0.2, 0) is 16.6 Å². The number of ether oxygens (including phenoxy) is 1. The van der Waals surface area contributed by atoms with Gasteiger partial charge in [-0.1, -0.05) is 18.1 Å². The molecule has 2 aromatic carbocycles. The molecule has 2 aliphatic heterocycles. The second-order valence-electron chi connectivity index (χ2n) is 12.2. The Bertz CT molecular complexity index is 1460. The molecule has 5 atom stereocenters. The zero-order valence-electron chi connectivity index (χ0n) is 22.4. The molecule has 2 saturated carbocycles. The summed E-state index contributed by atoms with van der Waals surface area (Å²) in [4.78, 5) is 29.4. The van der Waals surface area contributed by atoms with E-state index >= 15 is 0 Å². The minimum absolute atomic E-state index is 0.0119. The van der Waals surface area contributed by atoms with Crippen molar-refractivity contribution in [1.29, 1.82) is 0 Å². The smallest absolute Gasteiger partial charge is 0.298 e. The molecule has 1 N–H and O–H groups in total. The zero-order valence-corrected chi connectivity index (χ0v) is 22.4. The molecule has 0 unspecified atom stereocenters. The Hall–Kier alpha value is -3.57. The number of carbonyl (C=O) groups is 1. The molecule has 3 fully saturated rings. The van der Waals surface area contributed by atoms with Gasteiger partial charge in [0.15, 0.2) is 11.5 Å². The third-order valence-corrected chi connectivity index (χ3v) is 10.0. The van der Waals surface area contributed by atoms with Gasteiger partial charge < -0.3 is 14.7 Å². The first kappa shape index (κ1) is 24.5. The number of nitro groups is 1. The Morgan fingerprint density at radius 2 is 2.10 bits per heavy atom. The van der Waals surface area contributed by atoms with Crippen LogP contribution in [0.1, 0.15) is 54.4 Å². The Labute approximate surface area is 228 Å². The van der Waals surface area contributed by atoms with Gasteiger partial charge in [0.2, 0.25) is 0 Å². The molecule has 1 amide bonds. The number of nitrogens with zero attached hydrogens (tertiary/aromatic N) is 3. The topological polar surface area (TPSA) is 96.2 Å². The highest BCUT2D eigenvalue weighted by molar-refractivity contribution is 5.94. The van der Waals surface area contributed by atoms with Gasteiger partial charge in [0.25, 0.3) is 11.6 Å². The largest absolute Gasteiger partial charge is 0.504 e. The van der Waals surface area contributed by atoms with Gasteiger partial charge >= 0.3 is 0 Å². The van der Waals surface area contributed by atoms with Crippen LogP contribution in [0.3, 0.4) is 0 Å². The van der Waals surface area contributed by atoms with Gasteiger partial charge in [0, 0.05) is 47.7 Å². The average molecular weight is 528 g/mol. The third kappa shape index (κ3) is 3.66. The first-order valence-corrected chi connectivity index (χ1v) is 14.1. The number of carbonyl (C=O) groups excluding carboxylic acids is 1. The second kappa shape index (κ2) is 8.72. The molecule has 8 nitrogen and oxygen atoms in total. The minimum Gasteiger partial charge on any atom is -0.504 e. The van der Waals surface area contributed by atoms with Crippen molar-refractivity contribution in [3.63, 3.8) is 0 Å². The van der Waals surface area contributed by atoms with E-state index in [0.29, 0.717) is 17.7 Å². The Morgan fingerprint density at radius 3 is 2.85 bits per heavy atom. The molecule has 0 aromatic heterocycles. The van der Waals surface area contributed by atoms with Crippen molar-refractivity contribution in [1.82, 2.24) is 9.80 Å². The summed E-state index contributed by atoms with van der Waals surface area (Å²) in [6.07, 6.45) is 5.23. The molecule has 5 aliphatic rings. The van der Waals surface area contributed by atoms with Crippen LogP contribution in [0.25, 0.3) is 0 Å². The number of rotatable bonds is 4.